The second kappa shape index (κ2) is 6.77. The van der Waals surface area contributed by atoms with Crippen LogP contribution >= 0.6 is 0 Å². The minimum absolute atomic E-state index is 0.222. The Morgan fingerprint density at radius 2 is 2.24 bits per heavy atom. The van der Waals surface area contributed by atoms with Gasteiger partial charge < -0.3 is 19.5 Å². The average molecular weight is 291 g/mol. The third kappa shape index (κ3) is 3.23. The zero-order chi connectivity index (χ0) is 14.7. The summed E-state index contributed by atoms with van der Waals surface area (Å²) in [7, 11) is 3.72. The number of nitrogens with one attached hydrogen (secondary N) is 1. The quantitative estimate of drug-likeness (QED) is 0.904. The molecule has 1 N–H and O–H groups in total. The molecule has 0 amide bonds. The van der Waals surface area contributed by atoms with E-state index in [0.29, 0.717) is 12.7 Å². The van der Waals surface area contributed by atoms with Gasteiger partial charge in [0.1, 0.15) is 5.75 Å². The molecule has 1 aliphatic heterocycles. The van der Waals surface area contributed by atoms with Gasteiger partial charge in [-0.15, -0.1) is 0 Å². The van der Waals surface area contributed by atoms with Crippen molar-refractivity contribution in [3.05, 3.63) is 29.3 Å². The SMILES string of the molecule is CNC1c2ccc(OC)cc2CCC1OCC1CCCO1. The number of hydrogen-bond acceptors (Lipinski definition) is 4. The third-order valence-electron chi connectivity index (χ3n) is 4.59. The summed E-state index contributed by atoms with van der Waals surface area (Å²) in [5, 5.41) is 3.42. The van der Waals surface area contributed by atoms with Crippen LogP contribution in [0.15, 0.2) is 18.2 Å². The lowest BCUT2D eigenvalue weighted by Crippen LogP contribution is -2.37. The van der Waals surface area contributed by atoms with E-state index in [2.05, 4.69) is 17.4 Å². The Hall–Kier alpha value is -1.10. The van der Waals surface area contributed by atoms with E-state index in [1.54, 1.807) is 7.11 Å². The van der Waals surface area contributed by atoms with Crippen LogP contribution in [0.2, 0.25) is 0 Å². The molecular weight excluding hydrogens is 266 g/mol. The summed E-state index contributed by atoms with van der Waals surface area (Å²) in [5.41, 5.74) is 2.70. The largest absolute Gasteiger partial charge is 0.497 e. The molecule has 2 aliphatic rings. The van der Waals surface area contributed by atoms with Crippen LogP contribution in [0.1, 0.15) is 36.4 Å². The van der Waals surface area contributed by atoms with Gasteiger partial charge in [-0.1, -0.05) is 6.07 Å². The maximum absolute atomic E-state index is 6.17. The second-order valence-corrected chi connectivity index (χ2v) is 5.88. The molecule has 3 atom stereocenters. The lowest BCUT2D eigenvalue weighted by atomic mass is 9.85. The first kappa shape index (κ1) is 14.8. The van der Waals surface area contributed by atoms with E-state index in [4.69, 9.17) is 14.2 Å². The van der Waals surface area contributed by atoms with Crippen molar-refractivity contribution in [1.29, 1.82) is 0 Å². The molecule has 1 saturated heterocycles. The molecule has 1 heterocycles. The molecule has 0 spiro atoms. The van der Waals surface area contributed by atoms with E-state index in [1.807, 2.05) is 13.1 Å². The lowest BCUT2D eigenvalue weighted by molar-refractivity contribution is -0.0389. The number of hydrogen-bond donors (Lipinski definition) is 1. The van der Waals surface area contributed by atoms with Gasteiger partial charge in [0.25, 0.3) is 0 Å². The minimum atomic E-state index is 0.222. The molecular formula is C17H25NO3. The standard InChI is InChI=1S/C17H25NO3/c1-18-17-15-7-6-13(19-2)10-12(15)5-8-16(17)21-11-14-4-3-9-20-14/h6-7,10,14,16-18H,3-5,8-9,11H2,1-2H3. The second-order valence-electron chi connectivity index (χ2n) is 5.88. The Kier molecular flexibility index (Phi) is 4.78. The van der Waals surface area contributed by atoms with E-state index in [9.17, 15) is 0 Å². The fourth-order valence-corrected chi connectivity index (χ4v) is 3.42. The zero-order valence-corrected chi connectivity index (χ0v) is 12.9. The van der Waals surface area contributed by atoms with Gasteiger partial charge in [0, 0.05) is 6.61 Å². The van der Waals surface area contributed by atoms with Gasteiger partial charge >= 0.3 is 0 Å². The third-order valence-corrected chi connectivity index (χ3v) is 4.59. The van der Waals surface area contributed by atoms with Crippen molar-refractivity contribution < 1.29 is 14.2 Å². The van der Waals surface area contributed by atoms with Crippen LogP contribution < -0.4 is 10.1 Å². The van der Waals surface area contributed by atoms with Crippen LogP contribution in [-0.2, 0) is 15.9 Å². The Labute approximate surface area is 126 Å². The first-order valence-electron chi connectivity index (χ1n) is 7.89. The van der Waals surface area contributed by atoms with Gasteiger partial charge in [-0.05, 0) is 56.0 Å². The highest BCUT2D eigenvalue weighted by molar-refractivity contribution is 5.39. The molecule has 1 aromatic rings. The number of rotatable bonds is 5. The van der Waals surface area contributed by atoms with Crippen molar-refractivity contribution >= 4 is 0 Å². The van der Waals surface area contributed by atoms with Crippen molar-refractivity contribution in [2.45, 2.75) is 43.9 Å². The van der Waals surface area contributed by atoms with Crippen molar-refractivity contribution in [2.75, 3.05) is 27.4 Å². The van der Waals surface area contributed by atoms with Crippen molar-refractivity contribution in [2.24, 2.45) is 0 Å². The number of ether oxygens (including phenoxy) is 3. The van der Waals surface area contributed by atoms with Crippen LogP contribution in [0.25, 0.3) is 0 Å². The van der Waals surface area contributed by atoms with Crippen LogP contribution in [0.5, 0.6) is 5.75 Å². The van der Waals surface area contributed by atoms with Gasteiger partial charge in [-0.3, -0.25) is 0 Å². The summed E-state index contributed by atoms with van der Waals surface area (Å²) >= 11 is 0. The Morgan fingerprint density at radius 3 is 2.95 bits per heavy atom. The van der Waals surface area contributed by atoms with E-state index < -0.39 is 0 Å². The minimum Gasteiger partial charge on any atom is -0.497 e. The summed E-state index contributed by atoms with van der Waals surface area (Å²) in [5.74, 6) is 0.933. The molecule has 21 heavy (non-hydrogen) atoms. The van der Waals surface area contributed by atoms with Gasteiger partial charge in [0.2, 0.25) is 0 Å². The normalized spacial score (nSPS) is 28.4. The van der Waals surface area contributed by atoms with Crippen molar-refractivity contribution in [3.8, 4) is 5.75 Å². The summed E-state index contributed by atoms with van der Waals surface area (Å²) in [6.45, 7) is 1.60. The summed E-state index contributed by atoms with van der Waals surface area (Å²) in [6, 6.07) is 6.60. The first-order valence-corrected chi connectivity index (χ1v) is 7.89. The Morgan fingerprint density at radius 1 is 1.33 bits per heavy atom. The zero-order valence-electron chi connectivity index (χ0n) is 12.9. The van der Waals surface area contributed by atoms with Crippen LogP contribution in [0.4, 0.5) is 0 Å². The van der Waals surface area contributed by atoms with Gasteiger partial charge in [0.15, 0.2) is 0 Å². The molecule has 0 bridgehead atoms. The predicted octanol–water partition coefficient (Wildman–Crippen LogP) is 2.47. The molecule has 1 aromatic carbocycles. The fraction of sp³-hybridized carbons (Fsp3) is 0.647. The predicted molar refractivity (Wildman–Crippen MR) is 81.8 cm³/mol. The monoisotopic (exact) mass is 291 g/mol. The van der Waals surface area contributed by atoms with E-state index in [0.717, 1.165) is 38.0 Å². The molecule has 0 radical (unpaired) electrons. The highest BCUT2D eigenvalue weighted by atomic mass is 16.5. The number of fused-ring (bicyclic) bond motifs is 1. The first-order chi connectivity index (χ1) is 10.3. The molecule has 1 fully saturated rings. The average Bonchev–Trinajstić information content (AvgIpc) is 3.05. The molecule has 0 aromatic heterocycles. The fourth-order valence-electron chi connectivity index (χ4n) is 3.42. The number of benzene rings is 1. The smallest absolute Gasteiger partial charge is 0.119 e. The van der Waals surface area contributed by atoms with Crippen LogP contribution in [-0.4, -0.2) is 39.6 Å². The lowest BCUT2D eigenvalue weighted by Gasteiger charge is -2.34. The van der Waals surface area contributed by atoms with Crippen LogP contribution in [0.3, 0.4) is 0 Å². The summed E-state index contributed by atoms with van der Waals surface area (Å²) in [4.78, 5) is 0. The van der Waals surface area contributed by atoms with Gasteiger partial charge in [-0.25, -0.2) is 0 Å². The van der Waals surface area contributed by atoms with Crippen molar-refractivity contribution in [3.63, 3.8) is 0 Å². The highest BCUT2D eigenvalue weighted by Crippen LogP contribution is 2.34. The number of likely N-dealkylation sites (N-methyl/N-ethyl adjacent to an activating group) is 1. The molecule has 116 valence electrons. The molecule has 3 unspecified atom stereocenters. The van der Waals surface area contributed by atoms with Crippen molar-refractivity contribution in [1.82, 2.24) is 5.32 Å². The topological polar surface area (TPSA) is 39.7 Å². The highest BCUT2D eigenvalue weighted by Gasteiger charge is 2.30. The Balaban J connectivity index is 1.68. The summed E-state index contributed by atoms with van der Waals surface area (Å²) in [6.07, 6.45) is 4.89. The molecule has 4 heteroatoms. The van der Waals surface area contributed by atoms with Gasteiger partial charge in [0.05, 0.1) is 32.0 Å². The molecule has 0 saturated carbocycles. The van der Waals surface area contributed by atoms with E-state index >= 15 is 0 Å². The maximum Gasteiger partial charge on any atom is 0.119 e. The molecule has 1 aliphatic carbocycles. The Bertz CT molecular complexity index is 471. The van der Waals surface area contributed by atoms with Gasteiger partial charge in [-0.2, -0.15) is 0 Å². The number of methoxy groups -OCH3 is 1. The summed E-state index contributed by atoms with van der Waals surface area (Å²) < 4.78 is 17.1. The number of aryl methyl sites for hydroxylation is 1. The molecule has 3 rings (SSSR count). The van der Waals surface area contributed by atoms with Crippen LogP contribution in [0, 0.1) is 0 Å². The molecule has 4 nitrogen and oxygen atoms in total. The van der Waals surface area contributed by atoms with E-state index in [1.165, 1.54) is 11.1 Å². The maximum atomic E-state index is 6.17. The van der Waals surface area contributed by atoms with E-state index in [-0.39, 0.29) is 12.1 Å².